The number of hydrogen-bond acceptors (Lipinski definition) is 1. The molecule has 1 amide bonds. The smallest absolute Gasteiger partial charge is 0.223 e. The number of fused-ring (bicyclic) bond motifs is 1. The molecule has 1 aliphatic heterocycles. The number of nitrogens with one attached hydrogen (secondary N) is 1. The van der Waals surface area contributed by atoms with Crippen molar-refractivity contribution < 1.29 is 4.79 Å². The Morgan fingerprint density at radius 1 is 1.27 bits per heavy atom. The maximum Gasteiger partial charge on any atom is 0.223 e. The summed E-state index contributed by atoms with van der Waals surface area (Å²) in [6.45, 7) is 0.873. The fraction of sp³-hybridized carbons (Fsp3) is 0.462. The van der Waals surface area contributed by atoms with Gasteiger partial charge in [-0.1, -0.05) is 24.3 Å². The van der Waals surface area contributed by atoms with Crippen LogP contribution >= 0.6 is 0 Å². The molecule has 1 saturated heterocycles. The van der Waals surface area contributed by atoms with Gasteiger partial charge in [-0.2, -0.15) is 0 Å². The van der Waals surface area contributed by atoms with E-state index in [0.29, 0.717) is 5.92 Å². The number of carbonyl (C=O) groups excluding carboxylic acids is 1. The fourth-order valence-corrected chi connectivity index (χ4v) is 2.79. The summed E-state index contributed by atoms with van der Waals surface area (Å²) in [6.07, 6.45) is 3.24. The molecule has 1 fully saturated rings. The van der Waals surface area contributed by atoms with Crippen LogP contribution in [0.15, 0.2) is 24.3 Å². The predicted octanol–water partition coefficient (Wildman–Crippen LogP) is 1.85. The quantitative estimate of drug-likeness (QED) is 0.777. The Balaban J connectivity index is 1.70. The number of hydrogen-bond donors (Lipinski definition) is 1. The molecule has 3 rings (SSSR count). The number of amides is 1. The SMILES string of the molecule is O=C1NCCC1CC1Cc2ccccc21. The van der Waals surface area contributed by atoms with Crippen LogP contribution in [0.1, 0.15) is 29.9 Å². The van der Waals surface area contributed by atoms with E-state index in [2.05, 4.69) is 29.6 Å². The van der Waals surface area contributed by atoms with Crippen molar-refractivity contribution in [1.29, 1.82) is 0 Å². The molecule has 2 atom stereocenters. The molecule has 2 unspecified atom stereocenters. The van der Waals surface area contributed by atoms with Crippen molar-refractivity contribution in [3.63, 3.8) is 0 Å². The van der Waals surface area contributed by atoms with Crippen molar-refractivity contribution in [2.75, 3.05) is 6.54 Å². The van der Waals surface area contributed by atoms with Crippen molar-refractivity contribution in [2.45, 2.75) is 25.2 Å². The maximum absolute atomic E-state index is 11.5. The summed E-state index contributed by atoms with van der Waals surface area (Å²) in [5, 5.41) is 2.91. The summed E-state index contributed by atoms with van der Waals surface area (Å²) in [4.78, 5) is 11.5. The third-order valence-corrected chi connectivity index (χ3v) is 3.69. The summed E-state index contributed by atoms with van der Waals surface area (Å²) in [6, 6.07) is 8.59. The molecule has 78 valence electrons. The van der Waals surface area contributed by atoms with E-state index in [-0.39, 0.29) is 11.8 Å². The minimum absolute atomic E-state index is 0.263. The van der Waals surface area contributed by atoms with Crippen LogP contribution in [-0.2, 0) is 11.2 Å². The fourth-order valence-electron chi connectivity index (χ4n) is 2.79. The zero-order valence-corrected chi connectivity index (χ0v) is 8.70. The lowest BCUT2D eigenvalue weighted by Crippen LogP contribution is -2.24. The van der Waals surface area contributed by atoms with Gasteiger partial charge in [-0.25, -0.2) is 0 Å². The van der Waals surface area contributed by atoms with Crippen LogP contribution in [0.5, 0.6) is 0 Å². The highest BCUT2D eigenvalue weighted by molar-refractivity contribution is 5.80. The molecule has 1 N–H and O–H groups in total. The average Bonchev–Trinajstić information content (AvgIpc) is 2.61. The summed E-state index contributed by atoms with van der Waals surface area (Å²) < 4.78 is 0. The third-order valence-electron chi connectivity index (χ3n) is 3.69. The van der Waals surface area contributed by atoms with Gasteiger partial charge in [0, 0.05) is 12.5 Å². The standard InChI is InChI=1S/C13H15NO/c15-13-10(5-6-14-13)8-11-7-9-3-1-2-4-12(9)11/h1-4,10-11H,5-8H2,(H,14,15). The molecule has 0 spiro atoms. The second-order valence-electron chi connectivity index (χ2n) is 4.61. The molecule has 2 heteroatoms. The Bertz CT molecular complexity index is 399. The van der Waals surface area contributed by atoms with E-state index in [4.69, 9.17) is 0 Å². The number of rotatable bonds is 2. The summed E-state index contributed by atoms with van der Waals surface area (Å²) >= 11 is 0. The Morgan fingerprint density at radius 2 is 2.13 bits per heavy atom. The van der Waals surface area contributed by atoms with Crippen LogP contribution in [-0.4, -0.2) is 12.5 Å². The highest BCUT2D eigenvalue weighted by Gasteiger charge is 2.32. The molecule has 1 aliphatic carbocycles. The molecule has 2 aliphatic rings. The Morgan fingerprint density at radius 3 is 2.87 bits per heavy atom. The average molecular weight is 201 g/mol. The van der Waals surface area contributed by atoms with Crippen molar-refractivity contribution in [1.82, 2.24) is 5.32 Å². The first kappa shape index (κ1) is 8.96. The van der Waals surface area contributed by atoms with Crippen molar-refractivity contribution >= 4 is 5.91 Å². The Labute approximate surface area is 89.7 Å². The summed E-state index contributed by atoms with van der Waals surface area (Å²) in [5.41, 5.74) is 2.94. The van der Waals surface area contributed by atoms with Gasteiger partial charge in [0.15, 0.2) is 0 Å². The minimum atomic E-state index is 0.263. The maximum atomic E-state index is 11.5. The lowest BCUT2D eigenvalue weighted by molar-refractivity contribution is -0.122. The van der Waals surface area contributed by atoms with E-state index in [9.17, 15) is 4.79 Å². The highest BCUT2D eigenvalue weighted by atomic mass is 16.2. The van der Waals surface area contributed by atoms with Gasteiger partial charge in [0.2, 0.25) is 5.91 Å². The lowest BCUT2D eigenvalue weighted by Gasteiger charge is -2.31. The molecular weight excluding hydrogens is 186 g/mol. The number of carbonyl (C=O) groups is 1. The van der Waals surface area contributed by atoms with Gasteiger partial charge in [-0.05, 0) is 36.3 Å². The first-order valence-corrected chi connectivity index (χ1v) is 5.70. The summed E-state index contributed by atoms with van der Waals surface area (Å²) in [7, 11) is 0. The van der Waals surface area contributed by atoms with Crippen molar-refractivity contribution in [3.05, 3.63) is 35.4 Å². The normalized spacial score (nSPS) is 28.1. The zero-order chi connectivity index (χ0) is 10.3. The van der Waals surface area contributed by atoms with Gasteiger partial charge in [-0.15, -0.1) is 0 Å². The molecule has 2 nitrogen and oxygen atoms in total. The van der Waals surface area contributed by atoms with Crippen LogP contribution in [0, 0.1) is 5.92 Å². The van der Waals surface area contributed by atoms with Crippen LogP contribution < -0.4 is 5.32 Å². The lowest BCUT2D eigenvalue weighted by atomic mass is 9.73. The summed E-state index contributed by atoms with van der Waals surface area (Å²) in [5.74, 6) is 1.16. The third kappa shape index (κ3) is 1.44. The molecule has 0 radical (unpaired) electrons. The van der Waals surface area contributed by atoms with Crippen LogP contribution in [0.3, 0.4) is 0 Å². The topological polar surface area (TPSA) is 29.1 Å². The van der Waals surface area contributed by atoms with Crippen molar-refractivity contribution in [3.8, 4) is 0 Å². The minimum Gasteiger partial charge on any atom is -0.356 e. The molecular formula is C13H15NO. The molecule has 0 bridgehead atoms. The molecule has 1 aromatic carbocycles. The number of benzene rings is 1. The van der Waals surface area contributed by atoms with E-state index in [1.807, 2.05) is 0 Å². The molecule has 1 heterocycles. The zero-order valence-electron chi connectivity index (χ0n) is 8.70. The van der Waals surface area contributed by atoms with Gasteiger partial charge in [-0.3, -0.25) is 4.79 Å². The molecule has 0 saturated carbocycles. The highest BCUT2D eigenvalue weighted by Crippen LogP contribution is 2.40. The van der Waals surface area contributed by atoms with E-state index < -0.39 is 0 Å². The van der Waals surface area contributed by atoms with Gasteiger partial charge in [0.25, 0.3) is 0 Å². The second-order valence-corrected chi connectivity index (χ2v) is 4.61. The van der Waals surface area contributed by atoms with Gasteiger partial charge in [0.1, 0.15) is 0 Å². The molecule has 0 aromatic heterocycles. The van der Waals surface area contributed by atoms with E-state index >= 15 is 0 Å². The monoisotopic (exact) mass is 201 g/mol. The first-order chi connectivity index (χ1) is 7.34. The van der Waals surface area contributed by atoms with E-state index in [0.717, 1.165) is 19.4 Å². The first-order valence-electron chi connectivity index (χ1n) is 5.70. The van der Waals surface area contributed by atoms with E-state index in [1.165, 1.54) is 17.5 Å². The largest absolute Gasteiger partial charge is 0.356 e. The van der Waals surface area contributed by atoms with Crippen molar-refractivity contribution in [2.24, 2.45) is 5.92 Å². The van der Waals surface area contributed by atoms with Crippen LogP contribution in [0.4, 0.5) is 0 Å². The van der Waals surface area contributed by atoms with Gasteiger partial charge < -0.3 is 5.32 Å². The van der Waals surface area contributed by atoms with Gasteiger partial charge >= 0.3 is 0 Å². The van der Waals surface area contributed by atoms with Crippen LogP contribution in [0.25, 0.3) is 0 Å². The molecule has 1 aromatic rings. The van der Waals surface area contributed by atoms with E-state index in [1.54, 1.807) is 0 Å². The molecule has 15 heavy (non-hydrogen) atoms. The van der Waals surface area contributed by atoms with Crippen LogP contribution in [0.2, 0.25) is 0 Å². The Hall–Kier alpha value is -1.31. The Kier molecular flexibility index (Phi) is 2.01. The van der Waals surface area contributed by atoms with Gasteiger partial charge in [0.05, 0.1) is 0 Å². The predicted molar refractivity (Wildman–Crippen MR) is 58.6 cm³/mol. The second kappa shape index (κ2) is 3.37.